The topological polar surface area (TPSA) is 90.9 Å². The smallest absolute Gasteiger partial charge is 0.407 e. The second-order valence-corrected chi connectivity index (χ2v) is 9.12. The molecule has 1 fully saturated rings. The van der Waals surface area contributed by atoms with E-state index in [4.69, 9.17) is 14.2 Å². The SMILES string of the molecule is CC(C)(C)OC(=O)NC(Cc1ccc(Br)cc1)CC1C(=O)OC(C)(C)OC1=O. The second-order valence-electron chi connectivity index (χ2n) is 8.20. The van der Waals surface area contributed by atoms with Crippen molar-refractivity contribution >= 4 is 34.0 Å². The molecular formula is C20H26BrNO6. The number of rotatable bonds is 5. The van der Waals surface area contributed by atoms with Gasteiger partial charge in [0, 0.05) is 24.4 Å². The van der Waals surface area contributed by atoms with Gasteiger partial charge in [0.25, 0.3) is 5.79 Å². The van der Waals surface area contributed by atoms with Crippen LogP contribution in [-0.2, 0) is 30.2 Å². The highest BCUT2D eigenvalue weighted by Crippen LogP contribution is 2.27. The van der Waals surface area contributed by atoms with E-state index in [0.29, 0.717) is 6.42 Å². The number of benzene rings is 1. The zero-order valence-electron chi connectivity index (χ0n) is 16.7. The van der Waals surface area contributed by atoms with Crippen molar-refractivity contribution in [3.8, 4) is 0 Å². The Balaban J connectivity index is 2.15. The molecule has 154 valence electrons. The van der Waals surface area contributed by atoms with Crippen molar-refractivity contribution in [3.05, 3.63) is 34.3 Å². The van der Waals surface area contributed by atoms with E-state index in [0.717, 1.165) is 10.0 Å². The summed E-state index contributed by atoms with van der Waals surface area (Å²) in [5.41, 5.74) is 0.265. The Hall–Kier alpha value is -2.09. The highest BCUT2D eigenvalue weighted by atomic mass is 79.9. The van der Waals surface area contributed by atoms with E-state index in [9.17, 15) is 14.4 Å². The predicted molar refractivity (Wildman–Crippen MR) is 105 cm³/mol. The first-order valence-electron chi connectivity index (χ1n) is 9.04. The Morgan fingerprint density at radius 1 is 1.18 bits per heavy atom. The molecule has 0 spiro atoms. The molecule has 0 aliphatic carbocycles. The molecule has 0 bridgehead atoms. The zero-order valence-corrected chi connectivity index (χ0v) is 18.3. The molecular weight excluding hydrogens is 430 g/mol. The van der Waals surface area contributed by atoms with Gasteiger partial charge in [-0.25, -0.2) is 4.79 Å². The van der Waals surface area contributed by atoms with Gasteiger partial charge in [-0.1, -0.05) is 28.1 Å². The van der Waals surface area contributed by atoms with Gasteiger partial charge < -0.3 is 19.5 Å². The summed E-state index contributed by atoms with van der Waals surface area (Å²) in [7, 11) is 0. The lowest BCUT2D eigenvalue weighted by Gasteiger charge is -2.34. The predicted octanol–water partition coefficient (Wildman–Crippen LogP) is 3.73. The third-order valence-electron chi connectivity index (χ3n) is 3.90. The van der Waals surface area contributed by atoms with Gasteiger partial charge in [0.2, 0.25) is 0 Å². The van der Waals surface area contributed by atoms with E-state index in [1.54, 1.807) is 20.8 Å². The fourth-order valence-corrected chi connectivity index (χ4v) is 3.06. The third kappa shape index (κ3) is 6.82. The minimum absolute atomic E-state index is 0.0447. The van der Waals surface area contributed by atoms with Crippen LogP contribution in [0.3, 0.4) is 0 Å². The Kier molecular flexibility index (Phi) is 6.75. The number of hydrogen-bond acceptors (Lipinski definition) is 6. The summed E-state index contributed by atoms with van der Waals surface area (Å²) in [5, 5.41) is 2.76. The van der Waals surface area contributed by atoms with Crippen molar-refractivity contribution < 1.29 is 28.6 Å². The zero-order chi connectivity index (χ0) is 21.1. The van der Waals surface area contributed by atoms with Crippen LogP contribution in [-0.4, -0.2) is 35.5 Å². The van der Waals surface area contributed by atoms with E-state index < -0.39 is 41.4 Å². The number of alkyl carbamates (subject to hydrolysis) is 1. The fourth-order valence-electron chi connectivity index (χ4n) is 2.79. The molecule has 1 atom stereocenters. The molecule has 8 heteroatoms. The van der Waals surface area contributed by atoms with Gasteiger partial charge in [0.1, 0.15) is 5.60 Å². The standard InChI is InChI=1S/C20H26BrNO6/c1-19(2,3)28-18(25)22-14(10-12-6-8-13(21)9-7-12)11-15-16(23)26-20(4,5)27-17(15)24/h6-9,14-15H,10-11H2,1-5H3,(H,22,25). The Morgan fingerprint density at radius 3 is 2.21 bits per heavy atom. The Bertz CT molecular complexity index is 718. The summed E-state index contributed by atoms with van der Waals surface area (Å²) in [6, 6.07) is 7.03. The summed E-state index contributed by atoms with van der Waals surface area (Å²) < 4.78 is 16.6. The maximum Gasteiger partial charge on any atom is 0.407 e. The van der Waals surface area contributed by atoms with E-state index in [1.165, 1.54) is 13.8 Å². The maximum absolute atomic E-state index is 12.3. The number of amides is 1. The first-order chi connectivity index (χ1) is 12.8. The minimum Gasteiger partial charge on any atom is -0.444 e. The first-order valence-corrected chi connectivity index (χ1v) is 9.83. The molecule has 1 aromatic carbocycles. The number of cyclic esters (lactones) is 2. The quantitative estimate of drug-likeness (QED) is 0.537. The van der Waals surface area contributed by atoms with Crippen LogP contribution < -0.4 is 5.32 Å². The number of nitrogens with one attached hydrogen (secondary N) is 1. The summed E-state index contributed by atoms with van der Waals surface area (Å²) in [5.74, 6) is -3.71. The van der Waals surface area contributed by atoms with Crippen molar-refractivity contribution in [2.24, 2.45) is 5.92 Å². The fraction of sp³-hybridized carbons (Fsp3) is 0.550. The van der Waals surface area contributed by atoms with Crippen molar-refractivity contribution in [1.29, 1.82) is 0 Å². The number of hydrogen-bond donors (Lipinski definition) is 1. The van der Waals surface area contributed by atoms with Crippen molar-refractivity contribution in [2.45, 2.75) is 64.9 Å². The van der Waals surface area contributed by atoms with Gasteiger partial charge in [-0.2, -0.15) is 0 Å². The molecule has 1 N–H and O–H groups in total. The van der Waals surface area contributed by atoms with Gasteiger partial charge in [-0.15, -0.1) is 0 Å². The molecule has 1 aliphatic rings. The summed E-state index contributed by atoms with van der Waals surface area (Å²) >= 11 is 3.38. The number of carbonyl (C=O) groups excluding carboxylic acids is 3. The molecule has 0 radical (unpaired) electrons. The number of esters is 2. The highest BCUT2D eigenvalue weighted by Gasteiger charge is 2.44. The molecule has 28 heavy (non-hydrogen) atoms. The molecule has 1 unspecified atom stereocenters. The summed E-state index contributed by atoms with van der Waals surface area (Å²) in [6.45, 7) is 8.27. The number of halogens is 1. The van der Waals surface area contributed by atoms with Crippen LogP contribution in [0, 0.1) is 5.92 Å². The van der Waals surface area contributed by atoms with Gasteiger partial charge >= 0.3 is 18.0 Å². The van der Waals surface area contributed by atoms with Crippen molar-refractivity contribution in [2.75, 3.05) is 0 Å². The first kappa shape index (κ1) is 22.2. The molecule has 1 saturated heterocycles. The van der Waals surface area contributed by atoms with Crippen LogP contribution in [0.1, 0.15) is 46.6 Å². The van der Waals surface area contributed by atoms with E-state index in [-0.39, 0.29) is 6.42 Å². The van der Waals surface area contributed by atoms with E-state index >= 15 is 0 Å². The third-order valence-corrected chi connectivity index (χ3v) is 4.43. The number of ether oxygens (including phenoxy) is 3. The minimum atomic E-state index is -1.29. The lowest BCUT2D eigenvalue weighted by molar-refractivity contribution is -0.240. The van der Waals surface area contributed by atoms with Crippen LogP contribution in [0.2, 0.25) is 0 Å². The van der Waals surface area contributed by atoms with E-state index in [1.807, 2.05) is 24.3 Å². The summed E-state index contributed by atoms with van der Waals surface area (Å²) in [4.78, 5) is 36.8. The van der Waals surface area contributed by atoms with Gasteiger partial charge in [-0.05, 0) is 51.3 Å². The lowest BCUT2D eigenvalue weighted by Crippen LogP contribution is -2.49. The average Bonchev–Trinajstić information content (AvgIpc) is 2.50. The highest BCUT2D eigenvalue weighted by molar-refractivity contribution is 9.10. The molecule has 7 nitrogen and oxygen atoms in total. The molecule has 1 aromatic rings. The molecule has 1 amide bonds. The second kappa shape index (κ2) is 8.51. The molecule has 0 aromatic heterocycles. The summed E-state index contributed by atoms with van der Waals surface area (Å²) in [6.07, 6.45) is -0.164. The van der Waals surface area contributed by atoms with Crippen LogP contribution in [0.15, 0.2) is 28.7 Å². The lowest BCUT2D eigenvalue weighted by atomic mass is 9.94. The Morgan fingerprint density at radius 2 is 1.71 bits per heavy atom. The van der Waals surface area contributed by atoms with Crippen LogP contribution in [0.4, 0.5) is 4.79 Å². The Labute approximate surface area is 173 Å². The van der Waals surface area contributed by atoms with Crippen molar-refractivity contribution in [3.63, 3.8) is 0 Å². The largest absolute Gasteiger partial charge is 0.444 e. The average molecular weight is 456 g/mol. The molecule has 0 saturated carbocycles. The molecule has 1 aliphatic heterocycles. The van der Waals surface area contributed by atoms with Crippen LogP contribution in [0.25, 0.3) is 0 Å². The normalized spacial score (nSPS) is 18.1. The number of carbonyl (C=O) groups is 3. The maximum atomic E-state index is 12.3. The molecule has 1 heterocycles. The van der Waals surface area contributed by atoms with Gasteiger partial charge in [-0.3, -0.25) is 9.59 Å². The van der Waals surface area contributed by atoms with Crippen molar-refractivity contribution in [1.82, 2.24) is 5.32 Å². The van der Waals surface area contributed by atoms with Gasteiger partial charge in [0.05, 0.1) is 0 Å². The van der Waals surface area contributed by atoms with Gasteiger partial charge in [0.15, 0.2) is 5.92 Å². The van der Waals surface area contributed by atoms with Crippen LogP contribution >= 0.6 is 15.9 Å². The molecule has 2 rings (SSSR count). The monoisotopic (exact) mass is 455 g/mol. The van der Waals surface area contributed by atoms with Crippen LogP contribution in [0.5, 0.6) is 0 Å². The van der Waals surface area contributed by atoms with E-state index in [2.05, 4.69) is 21.2 Å².